The molecule has 0 aliphatic carbocycles. The van der Waals surface area contributed by atoms with Gasteiger partial charge < -0.3 is 9.47 Å². The molecule has 0 radical (unpaired) electrons. The van der Waals surface area contributed by atoms with Gasteiger partial charge in [-0.05, 0) is 18.2 Å². The molecule has 0 amide bonds. The number of anilines is 1. The van der Waals surface area contributed by atoms with Gasteiger partial charge in [0.05, 0.1) is 17.3 Å². The molecule has 0 atom stereocenters. The summed E-state index contributed by atoms with van der Waals surface area (Å²) in [5.74, 6) is 0.778. The van der Waals surface area contributed by atoms with E-state index in [1.165, 1.54) is 12.1 Å². The molecule has 6 heteroatoms. The van der Waals surface area contributed by atoms with Gasteiger partial charge in [-0.25, -0.2) is 9.37 Å². The Balaban J connectivity index is 1.61. The zero-order valence-corrected chi connectivity index (χ0v) is 12.7. The van der Waals surface area contributed by atoms with Crippen LogP contribution < -0.4 is 4.90 Å². The van der Waals surface area contributed by atoms with Crippen molar-refractivity contribution in [3.63, 3.8) is 0 Å². The fourth-order valence-electron chi connectivity index (χ4n) is 2.63. The number of imidazole rings is 1. The molecule has 1 aliphatic rings. The van der Waals surface area contributed by atoms with Gasteiger partial charge in [0.25, 0.3) is 0 Å². The van der Waals surface area contributed by atoms with Crippen molar-refractivity contribution in [2.45, 2.75) is 6.54 Å². The maximum atomic E-state index is 13.1. The number of rotatable bonds is 3. The highest BCUT2D eigenvalue weighted by atomic mass is 35.5. The van der Waals surface area contributed by atoms with Crippen LogP contribution in [-0.4, -0.2) is 40.6 Å². The van der Waals surface area contributed by atoms with Crippen molar-refractivity contribution < 1.29 is 4.39 Å². The van der Waals surface area contributed by atoms with Crippen LogP contribution in [0, 0.1) is 5.82 Å². The minimum Gasteiger partial charge on any atom is -0.368 e. The number of nitrogens with zero attached hydrogens (tertiary/aromatic N) is 4. The largest absolute Gasteiger partial charge is 0.368 e. The highest BCUT2D eigenvalue weighted by molar-refractivity contribution is 6.33. The van der Waals surface area contributed by atoms with Crippen LogP contribution in [0.25, 0.3) is 0 Å². The second-order valence-corrected chi connectivity index (χ2v) is 5.72. The predicted molar refractivity (Wildman–Crippen MR) is 82.1 cm³/mol. The number of hydrogen-bond donors (Lipinski definition) is 0. The lowest BCUT2D eigenvalue weighted by atomic mass is 10.2. The summed E-state index contributed by atoms with van der Waals surface area (Å²) >= 11 is 6.13. The van der Waals surface area contributed by atoms with Crippen LogP contribution in [-0.2, 0) is 13.6 Å². The van der Waals surface area contributed by atoms with Crippen LogP contribution in [0.3, 0.4) is 0 Å². The third kappa shape index (κ3) is 3.19. The van der Waals surface area contributed by atoms with Gasteiger partial charge in [-0.2, -0.15) is 0 Å². The van der Waals surface area contributed by atoms with Gasteiger partial charge in [-0.15, -0.1) is 0 Å². The fourth-order valence-corrected chi connectivity index (χ4v) is 2.92. The third-order valence-electron chi connectivity index (χ3n) is 3.91. The normalized spacial score (nSPS) is 16.4. The summed E-state index contributed by atoms with van der Waals surface area (Å²) in [5.41, 5.74) is 0.912. The third-order valence-corrected chi connectivity index (χ3v) is 4.21. The average Bonchev–Trinajstić information content (AvgIpc) is 2.86. The number of halogens is 2. The zero-order valence-electron chi connectivity index (χ0n) is 12.0. The highest BCUT2D eigenvalue weighted by Crippen LogP contribution is 2.27. The number of hydrogen-bond acceptors (Lipinski definition) is 3. The first kappa shape index (κ1) is 14.4. The monoisotopic (exact) mass is 308 g/mol. The standard InChI is InChI=1S/C15H18ClFN4/c1-19-5-4-18-15(19)11-20-6-8-21(9-7-20)14-3-2-12(17)10-13(14)16/h2-5,10H,6-9,11H2,1H3. The number of piperazine rings is 1. The van der Waals surface area contributed by atoms with E-state index in [0.717, 1.165) is 44.2 Å². The molecule has 2 heterocycles. The molecule has 112 valence electrons. The van der Waals surface area contributed by atoms with E-state index in [4.69, 9.17) is 11.6 Å². The van der Waals surface area contributed by atoms with E-state index >= 15 is 0 Å². The topological polar surface area (TPSA) is 24.3 Å². The number of aromatic nitrogens is 2. The molecular formula is C15H18ClFN4. The van der Waals surface area contributed by atoms with E-state index in [-0.39, 0.29) is 5.82 Å². The number of aryl methyl sites for hydroxylation is 1. The van der Waals surface area contributed by atoms with Gasteiger partial charge in [-0.1, -0.05) is 11.6 Å². The van der Waals surface area contributed by atoms with Gasteiger partial charge in [-0.3, -0.25) is 4.90 Å². The first-order valence-corrected chi connectivity index (χ1v) is 7.40. The lowest BCUT2D eigenvalue weighted by Crippen LogP contribution is -2.46. The molecule has 1 aromatic heterocycles. The zero-order chi connectivity index (χ0) is 14.8. The first-order valence-electron chi connectivity index (χ1n) is 7.02. The Kier molecular flexibility index (Phi) is 4.12. The van der Waals surface area contributed by atoms with Gasteiger partial charge >= 0.3 is 0 Å². The van der Waals surface area contributed by atoms with Crippen LogP contribution in [0.2, 0.25) is 5.02 Å². The maximum Gasteiger partial charge on any atom is 0.124 e. The SMILES string of the molecule is Cn1ccnc1CN1CCN(c2ccc(F)cc2Cl)CC1. The molecule has 0 bridgehead atoms. The van der Waals surface area contributed by atoms with Crippen molar-refractivity contribution >= 4 is 17.3 Å². The van der Waals surface area contributed by atoms with E-state index < -0.39 is 0 Å². The summed E-state index contributed by atoms with van der Waals surface area (Å²) in [5, 5.41) is 0.479. The summed E-state index contributed by atoms with van der Waals surface area (Å²) < 4.78 is 15.2. The van der Waals surface area contributed by atoms with Crippen LogP contribution >= 0.6 is 11.6 Å². The minimum atomic E-state index is -0.294. The highest BCUT2D eigenvalue weighted by Gasteiger charge is 2.20. The molecule has 1 fully saturated rings. The molecular weight excluding hydrogens is 291 g/mol. The van der Waals surface area contributed by atoms with Crippen molar-refractivity contribution in [2.75, 3.05) is 31.1 Å². The molecule has 0 N–H and O–H groups in total. The Morgan fingerprint density at radius 2 is 2.00 bits per heavy atom. The maximum absolute atomic E-state index is 13.1. The van der Waals surface area contributed by atoms with Gasteiger partial charge in [0, 0.05) is 45.6 Å². The van der Waals surface area contributed by atoms with Crippen molar-refractivity contribution in [3.05, 3.63) is 47.3 Å². The van der Waals surface area contributed by atoms with Crippen LogP contribution in [0.15, 0.2) is 30.6 Å². The van der Waals surface area contributed by atoms with E-state index in [9.17, 15) is 4.39 Å². The van der Waals surface area contributed by atoms with Gasteiger partial charge in [0.1, 0.15) is 11.6 Å². The molecule has 2 aromatic rings. The quantitative estimate of drug-likeness (QED) is 0.871. The smallest absolute Gasteiger partial charge is 0.124 e. The molecule has 3 rings (SSSR count). The summed E-state index contributed by atoms with van der Waals surface area (Å²) in [4.78, 5) is 8.93. The Hall–Kier alpha value is -1.59. The molecule has 0 saturated carbocycles. The first-order chi connectivity index (χ1) is 10.1. The van der Waals surface area contributed by atoms with Crippen LogP contribution in [0.4, 0.5) is 10.1 Å². The van der Waals surface area contributed by atoms with E-state index in [1.54, 1.807) is 6.07 Å². The van der Waals surface area contributed by atoms with Gasteiger partial charge in [0.15, 0.2) is 0 Å². The summed E-state index contributed by atoms with van der Waals surface area (Å²) in [6.45, 7) is 4.52. The summed E-state index contributed by atoms with van der Waals surface area (Å²) in [7, 11) is 2.01. The summed E-state index contributed by atoms with van der Waals surface area (Å²) in [6.07, 6.45) is 3.79. The Morgan fingerprint density at radius 1 is 1.24 bits per heavy atom. The predicted octanol–water partition coefficient (Wildman–Crippen LogP) is 2.53. The lowest BCUT2D eigenvalue weighted by molar-refractivity contribution is 0.242. The fraction of sp³-hybridized carbons (Fsp3) is 0.400. The van der Waals surface area contributed by atoms with E-state index in [1.807, 2.05) is 24.0 Å². The van der Waals surface area contributed by atoms with E-state index in [0.29, 0.717) is 5.02 Å². The van der Waals surface area contributed by atoms with Crippen LogP contribution in [0.5, 0.6) is 0 Å². The van der Waals surface area contributed by atoms with Crippen molar-refractivity contribution in [1.29, 1.82) is 0 Å². The lowest BCUT2D eigenvalue weighted by Gasteiger charge is -2.36. The Labute approximate surface area is 128 Å². The van der Waals surface area contributed by atoms with E-state index in [2.05, 4.69) is 14.8 Å². The number of benzene rings is 1. The molecule has 0 spiro atoms. The van der Waals surface area contributed by atoms with Gasteiger partial charge in [0.2, 0.25) is 0 Å². The van der Waals surface area contributed by atoms with Crippen molar-refractivity contribution in [3.8, 4) is 0 Å². The van der Waals surface area contributed by atoms with Crippen molar-refractivity contribution in [1.82, 2.24) is 14.5 Å². The average molecular weight is 309 g/mol. The molecule has 21 heavy (non-hydrogen) atoms. The summed E-state index contributed by atoms with van der Waals surface area (Å²) in [6, 6.07) is 4.59. The second-order valence-electron chi connectivity index (χ2n) is 5.31. The Morgan fingerprint density at radius 3 is 2.62 bits per heavy atom. The van der Waals surface area contributed by atoms with Crippen LogP contribution in [0.1, 0.15) is 5.82 Å². The molecule has 1 saturated heterocycles. The second kappa shape index (κ2) is 6.03. The molecule has 1 aromatic carbocycles. The minimum absolute atomic E-state index is 0.294. The molecule has 0 unspecified atom stereocenters. The van der Waals surface area contributed by atoms with Crippen molar-refractivity contribution in [2.24, 2.45) is 7.05 Å². The molecule has 4 nitrogen and oxygen atoms in total. The Bertz CT molecular complexity index is 620. The molecule has 1 aliphatic heterocycles.